The highest BCUT2D eigenvalue weighted by atomic mass is 35.5. The molecule has 1 aliphatic carbocycles. The van der Waals surface area contributed by atoms with Crippen LogP contribution in [0.15, 0.2) is 34.9 Å². The Morgan fingerprint density at radius 1 is 1.50 bits per heavy atom. The summed E-state index contributed by atoms with van der Waals surface area (Å²) in [4.78, 5) is 0. The fourth-order valence-corrected chi connectivity index (χ4v) is 2.17. The normalized spacial score (nSPS) is 22.1. The third kappa shape index (κ3) is 3.99. The zero-order valence-electron chi connectivity index (χ0n) is 10.3. The van der Waals surface area contributed by atoms with Crippen LogP contribution in [0.2, 0.25) is 0 Å². The molecular formula is C14H20Cl2. The quantitative estimate of drug-likeness (QED) is 0.617. The first-order chi connectivity index (χ1) is 7.54. The lowest BCUT2D eigenvalue weighted by Gasteiger charge is -2.18. The molecule has 1 aliphatic rings. The molecule has 16 heavy (non-hydrogen) atoms. The first kappa shape index (κ1) is 13.9. The monoisotopic (exact) mass is 258 g/mol. The molecule has 0 aliphatic heterocycles. The van der Waals surface area contributed by atoms with Crippen molar-refractivity contribution in [1.82, 2.24) is 0 Å². The summed E-state index contributed by atoms with van der Waals surface area (Å²) in [6.45, 7) is 6.59. The molecule has 2 heteroatoms. The van der Waals surface area contributed by atoms with E-state index in [1.165, 1.54) is 16.7 Å². The SMILES string of the molecule is C/C(CCl)=C(\CC(C)C)C1=CCC(Cl)C=C1. The van der Waals surface area contributed by atoms with E-state index >= 15 is 0 Å². The maximum Gasteiger partial charge on any atom is 0.0554 e. The van der Waals surface area contributed by atoms with Crippen LogP contribution in [0, 0.1) is 5.92 Å². The molecule has 1 rings (SSSR count). The highest BCUT2D eigenvalue weighted by molar-refractivity contribution is 6.22. The largest absolute Gasteiger partial charge is 0.122 e. The molecule has 90 valence electrons. The summed E-state index contributed by atoms with van der Waals surface area (Å²) in [5.74, 6) is 1.26. The second-order valence-corrected chi connectivity index (χ2v) is 5.59. The number of allylic oxidation sites excluding steroid dienone is 6. The van der Waals surface area contributed by atoms with Gasteiger partial charge in [0.05, 0.1) is 5.38 Å². The van der Waals surface area contributed by atoms with Crippen molar-refractivity contribution in [3.05, 3.63) is 34.9 Å². The minimum Gasteiger partial charge on any atom is -0.122 e. The Kier molecular flexibility index (Phi) is 5.64. The molecule has 0 bridgehead atoms. The average molecular weight is 259 g/mol. The maximum absolute atomic E-state index is 6.03. The van der Waals surface area contributed by atoms with E-state index in [-0.39, 0.29) is 5.38 Å². The Hall–Kier alpha value is -0.200. The van der Waals surface area contributed by atoms with Crippen LogP contribution in [0.3, 0.4) is 0 Å². The van der Waals surface area contributed by atoms with Crippen molar-refractivity contribution in [3.63, 3.8) is 0 Å². The van der Waals surface area contributed by atoms with Gasteiger partial charge >= 0.3 is 0 Å². The summed E-state index contributed by atoms with van der Waals surface area (Å²) in [6.07, 6.45) is 8.44. The summed E-state index contributed by atoms with van der Waals surface area (Å²) < 4.78 is 0. The fourth-order valence-electron chi connectivity index (χ4n) is 1.85. The highest BCUT2D eigenvalue weighted by Crippen LogP contribution is 2.28. The molecule has 0 radical (unpaired) electrons. The molecular weight excluding hydrogens is 239 g/mol. The van der Waals surface area contributed by atoms with E-state index in [1.54, 1.807) is 0 Å². The van der Waals surface area contributed by atoms with E-state index in [0.29, 0.717) is 11.8 Å². The molecule has 0 saturated carbocycles. The van der Waals surface area contributed by atoms with Crippen molar-refractivity contribution in [2.75, 3.05) is 5.88 Å². The van der Waals surface area contributed by atoms with E-state index in [1.807, 2.05) is 0 Å². The number of rotatable bonds is 4. The van der Waals surface area contributed by atoms with Gasteiger partial charge in [0, 0.05) is 5.88 Å². The zero-order valence-corrected chi connectivity index (χ0v) is 11.8. The Bertz CT molecular complexity index is 322. The van der Waals surface area contributed by atoms with Gasteiger partial charge in [0.2, 0.25) is 0 Å². The molecule has 0 aromatic rings. The van der Waals surface area contributed by atoms with Gasteiger partial charge in [0.1, 0.15) is 0 Å². The number of hydrogen-bond acceptors (Lipinski definition) is 0. The first-order valence-corrected chi connectivity index (χ1v) is 6.79. The Labute approximate surface area is 109 Å². The van der Waals surface area contributed by atoms with Gasteiger partial charge in [-0.15, -0.1) is 23.2 Å². The molecule has 1 unspecified atom stereocenters. The van der Waals surface area contributed by atoms with Crippen LogP contribution in [-0.4, -0.2) is 11.3 Å². The Morgan fingerprint density at radius 2 is 2.19 bits per heavy atom. The van der Waals surface area contributed by atoms with Crippen molar-refractivity contribution in [3.8, 4) is 0 Å². The van der Waals surface area contributed by atoms with Gasteiger partial charge in [0.25, 0.3) is 0 Å². The summed E-state index contributed by atoms with van der Waals surface area (Å²) in [6, 6.07) is 0. The van der Waals surface area contributed by atoms with Gasteiger partial charge in [-0.3, -0.25) is 0 Å². The van der Waals surface area contributed by atoms with Crippen LogP contribution in [0.5, 0.6) is 0 Å². The lowest BCUT2D eigenvalue weighted by molar-refractivity contribution is 0.643. The Morgan fingerprint density at radius 3 is 2.62 bits per heavy atom. The molecule has 0 amide bonds. The number of alkyl halides is 2. The van der Waals surface area contributed by atoms with E-state index in [2.05, 4.69) is 39.0 Å². The predicted octanol–water partition coefficient (Wildman–Crippen LogP) is 5.08. The minimum atomic E-state index is 0.153. The summed E-state index contributed by atoms with van der Waals surface area (Å²) in [5, 5.41) is 0.153. The molecule has 0 spiro atoms. The standard InChI is InChI=1S/C14H20Cl2/c1-10(2)8-14(11(3)9-15)12-4-6-13(16)7-5-12/h4-6,10,13H,7-9H2,1-3H3/b14-11-. The molecule has 0 heterocycles. The molecule has 0 nitrogen and oxygen atoms in total. The Balaban J connectivity index is 2.91. The fraction of sp³-hybridized carbons (Fsp3) is 0.571. The smallest absolute Gasteiger partial charge is 0.0554 e. The van der Waals surface area contributed by atoms with E-state index in [0.717, 1.165) is 12.8 Å². The van der Waals surface area contributed by atoms with Crippen molar-refractivity contribution in [1.29, 1.82) is 0 Å². The molecule has 0 fully saturated rings. The molecule has 0 N–H and O–H groups in total. The average Bonchev–Trinajstić information content (AvgIpc) is 2.26. The number of halogens is 2. The van der Waals surface area contributed by atoms with Gasteiger partial charge in [-0.05, 0) is 36.8 Å². The van der Waals surface area contributed by atoms with Crippen molar-refractivity contribution in [2.24, 2.45) is 5.92 Å². The number of hydrogen-bond donors (Lipinski definition) is 0. The van der Waals surface area contributed by atoms with Crippen LogP contribution in [0.25, 0.3) is 0 Å². The maximum atomic E-state index is 6.03. The molecule has 0 aromatic carbocycles. The van der Waals surface area contributed by atoms with E-state index in [9.17, 15) is 0 Å². The minimum absolute atomic E-state index is 0.153. The van der Waals surface area contributed by atoms with E-state index < -0.39 is 0 Å². The van der Waals surface area contributed by atoms with Crippen LogP contribution >= 0.6 is 23.2 Å². The van der Waals surface area contributed by atoms with Gasteiger partial charge in [-0.1, -0.05) is 37.6 Å². The topological polar surface area (TPSA) is 0 Å². The highest BCUT2D eigenvalue weighted by Gasteiger charge is 2.12. The second kappa shape index (κ2) is 6.51. The van der Waals surface area contributed by atoms with Gasteiger partial charge < -0.3 is 0 Å². The molecule has 1 atom stereocenters. The van der Waals surface area contributed by atoms with Gasteiger partial charge in [0.15, 0.2) is 0 Å². The van der Waals surface area contributed by atoms with Gasteiger partial charge in [-0.25, -0.2) is 0 Å². The van der Waals surface area contributed by atoms with Crippen LogP contribution in [0.4, 0.5) is 0 Å². The lowest BCUT2D eigenvalue weighted by atomic mass is 9.90. The third-order valence-corrected chi connectivity index (χ3v) is 3.45. The van der Waals surface area contributed by atoms with Crippen molar-refractivity contribution >= 4 is 23.2 Å². The van der Waals surface area contributed by atoms with E-state index in [4.69, 9.17) is 23.2 Å². The van der Waals surface area contributed by atoms with Crippen LogP contribution in [0.1, 0.15) is 33.6 Å². The summed E-state index contributed by atoms with van der Waals surface area (Å²) in [7, 11) is 0. The van der Waals surface area contributed by atoms with Crippen LogP contribution < -0.4 is 0 Å². The molecule has 0 saturated heterocycles. The first-order valence-electron chi connectivity index (χ1n) is 5.82. The predicted molar refractivity (Wildman–Crippen MR) is 74.4 cm³/mol. The third-order valence-electron chi connectivity index (χ3n) is 2.72. The summed E-state index contributed by atoms with van der Waals surface area (Å²) in [5.41, 5.74) is 3.98. The second-order valence-electron chi connectivity index (χ2n) is 4.76. The lowest BCUT2D eigenvalue weighted by Crippen LogP contribution is -2.04. The van der Waals surface area contributed by atoms with Gasteiger partial charge in [-0.2, -0.15) is 0 Å². The van der Waals surface area contributed by atoms with Crippen LogP contribution in [-0.2, 0) is 0 Å². The zero-order chi connectivity index (χ0) is 12.1. The van der Waals surface area contributed by atoms with Crippen molar-refractivity contribution < 1.29 is 0 Å². The summed E-state index contributed by atoms with van der Waals surface area (Å²) >= 11 is 12.0. The van der Waals surface area contributed by atoms with Crippen molar-refractivity contribution in [2.45, 2.75) is 39.0 Å². The molecule has 0 aromatic heterocycles.